The smallest absolute Gasteiger partial charge is 0.00510 e. The second kappa shape index (κ2) is 7.09. The summed E-state index contributed by atoms with van der Waals surface area (Å²) in [6.45, 7) is 11.7. The Hall–Kier alpha value is -0.340. The summed E-state index contributed by atoms with van der Waals surface area (Å²) in [5.41, 5.74) is 0.540. The lowest BCUT2D eigenvalue weighted by Gasteiger charge is -2.41. The fourth-order valence-electron chi connectivity index (χ4n) is 3.61. The van der Waals surface area contributed by atoms with Gasteiger partial charge in [0.1, 0.15) is 0 Å². The van der Waals surface area contributed by atoms with Gasteiger partial charge >= 0.3 is 0 Å². The molecule has 20 heavy (non-hydrogen) atoms. The fraction of sp³-hybridized carbons (Fsp3) is 0.778. The average Bonchev–Trinajstić information content (AvgIpc) is 2.85. The van der Waals surface area contributed by atoms with Crippen LogP contribution < -0.4 is 5.32 Å². The Labute approximate surface area is 129 Å². The van der Waals surface area contributed by atoms with Gasteiger partial charge in [0.25, 0.3) is 0 Å². The maximum Gasteiger partial charge on any atom is 0.00510 e. The molecule has 1 aliphatic rings. The van der Waals surface area contributed by atoms with Crippen molar-refractivity contribution in [2.24, 2.45) is 17.3 Å². The van der Waals surface area contributed by atoms with Crippen molar-refractivity contribution in [3.8, 4) is 0 Å². The largest absolute Gasteiger partial charge is 0.317 e. The molecule has 0 spiro atoms. The van der Waals surface area contributed by atoms with Crippen molar-refractivity contribution < 1.29 is 0 Å². The number of hydrogen-bond acceptors (Lipinski definition) is 2. The van der Waals surface area contributed by atoms with Crippen LogP contribution in [0.4, 0.5) is 0 Å². The van der Waals surface area contributed by atoms with Gasteiger partial charge in [-0.3, -0.25) is 0 Å². The van der Waals surface area contributed by atoms with E-state index in [9.17, 15) is 0 Å². The molecule has 114 valence electrons. The first-order chi connectivity index (χ1) is 9.54. The lowest BCUT2D eigenvalue weighted by atomic mass is 9.66. The maximum absolute atomic E-state index is 3.58. The second-order valence-electron chi connectivity index (χ2n) is 7.16. The minimum Gasteiger partial charge on any atom is -0.317 e. The van der Waals surface area contributed by atoms with E-state index in [0.717, 1.165) is 18.4 Å². The third-order valence-corrected chi connectivity index (χ3v) is 6.11. The third-order valence-electron chi connectivity index (χ3n) is 4.86. The first-order valence-electron chi connectivity index (χ1n) is 8.32. The molecule has 1 aliphatic carbocycles. The quantitative estimate of drug-likeness (QED) is 0.786. The van der Waals surface area contributed by atoms with Crippen LogP contribution in [-0.4, -0.2) is 13.1 Å². The number of rotatable bonds is 6. The van der Waals surface area contributed by atoms with Crippen molar-refractivity contribution in [2.75, 3.05) is 13.1 Å². The van der Waals surface area contributed by atoms with E-state index in [1.807, 2.05) is 11.3 Å². The number of thiophene rings is 1. The summed E-state index contributed by atoms with van der Waals surface area (Å²) >= 11 is 2.03. The Morgan fingerprint density at radius 2 is 1.95 bits per heavy atom. The number of aryl methyl sites for hydroxylation is 1. The topological polar surface area (TPSA) is 12.0 Å². The van der Waals surface area contributed by atoms with Crippen molar-refractivity contribution in [3.05, 3.63) is 21.9 Å². The summed E-state index contributed by atoms with van der Waals surface area (Å²) < 4.78 is 0. The van der Waals surface area contributed by atoms with E-state index in [2.05, 4.69) is 45.1 Å². The van der Waals surface area contributed by atoms with Crippen LogP contribution in [0.5, 0.6) is 0 Å². The molecule has 1 heterocycles. The Morgan fingerprint density at radius 3 is 2.60 bits per heavy atom. The third kappa shape index (κ3) is 4.33. The Kier molecular flexibility index (Phi) is 5.68. The van der Waals surface area contributed by atoms with Gasteiger partial charge in [0.15, 0.2) is 0 Å². The van der Waals surface area contributed by atoms with Crippen molar-refractivity contribution in [2.45, 2.75) is 59.8 Å². The molecule has 0 saturated heterocycles. The molecule has 2 unspecified atom stereocenters. The van der Waals surface area contributed by atoms with Gasteiger partial charge in [-0.2, -0.15) is 0 Å². The normalized spacial score (nSPS) is 25.8. The van der Waals surface area contributed by atoms with E-state index in [1.165, 1.54) is 38.6 Å². The second-order valence-corrected chi connectivity index (χ2v) is 8.41. The highest BCUT2D eigenvalue weighted by Crippen LogP contribution is 2.43. The molecule has 1 fully saturated rings. The molecule has 2 heteroatoms. The van der Waals surface area contributed by atoms with E-state index in [1.54, 1.807) is 9.75 Å². The van der Waals surface area contributed by atoms with E-state index in [-0.39, 0.29) is 0 Å². The zero-order chi connectivity index (χ0) is 14.6. The highest BCUT2D eigenvalue weighted by atomic mass is 32.1. The summed E-state index contributed by atoms with van der Waals surface area (Å²) in [7, 11) is 0. The molecule has 0 amide bonds. The molecule has 1 N–H and O–H groups in total. The van der Waals surface area contributed by atoms with Crippen molar-refractivity contribution in [1.82, 2.24) is 5.32 Å². The zero-order valence-electron chi connectivity index (χ0n) is 13.7. The fourth-order valence-corrected chi connectivity index (χ4v) is 4.66. The predicted octanol–water partition coefficient (Wildman–Crippen LogP) is 4.91. The molecule has 1 nitrogen and oxygen atoms in total. The van der Waals surface area contributed by atoms with Gasteiger partial charge in [-0.25, -0.2) is 0 Å². The SMILES string of the molecule is CCNCC1CCC(C)(C)CC1Cc1ccc(CC)s1. The summed E-state index contributed by atoms with van der Waals surface area (Å²) in [5, 5.41) is 3.58. The summed E-state index contributed by atoms with van der Waals surface area (Å²) in [5.74, 6) is 1.73. The van der Waals surface area contributed by atoms with Crippen LogP contribution in [0.2, 0.25) is 0 Å². The van der Waals surface area contributed by atoms with Crippen LogP contribution in [0.1, 0.15) is 56.7 Å². The minimum atomic E-state index is 0.540. The van der Waals surface area contributed by atoms with Crippen molar-refractivity contribution >= 4 is 11.3 Å². The van der Waals surface area contributed by atoms with Gasteiger partial charge < -0.3 is 5.32 Å². The first-order valence-corrected chi connectivity index (χ1v) is 9.14. The zero-order valence-corrected chi connectivity index (χ0v) is 14.5. The van der Waals surface area contributed by atoms with Gasteiger partial charge in [0.2, 0.25) is 0 Å². The Morgan fingerprint density at radius 1 is 1.20 bits per heavy atom. The molecular formula is C18H31NS. The van der Waals surface area contributed by atoms with E-state index in [0.29, 0.717) is 5.41 Å². The number of nitrogens with one attached hydrogen (secondary N) is 1. The highest BCUT2D eigenvalue weighted by molar-refractivity contribution is 7.11. The predicted molar refractivity (Wildman–Crippen MR) is 90.6 cm³/mol. The molecule has 0 aliphatic heterocycles. The van der Waals surface area contributed by atoms with Gasteiger partial charge in [0, 0.05) is 9.75 Å². The minimum absolute atomic E-state index is 0.540. The van der Waals surface area contributed by atoms with Gasteiger partial charge in [-0.05, 0) is 74.6 Å². The molecular weight excluding hydrogens is 262 g/mol. The molecule has 0 aromatic carbocycles. The maximum atomic E-state index is 3.58. The van der Waals surface area contributed by atoms with Crippen LogP contribution in [0.25, 0.3) is 0 Å². The lowest BCUT2D eigenvalue weighted by Crippen LogP contribution is -2.36. The van der Waals surface area contributed by atoms with E-state index < -0.39 is 0 Å². The molecule has 1 aromatic rings. The molecule has 0 bridgehead atoms. The monoisotopic (exact) mass is 293 g/mol. The number of hydrogen-bond donors (Lipinski definition) is 1. The van der Waals surface area contributed by atoms with Crippen LogP contribution >= 0.6 is 11.3 Å². The Bertz CT molecular complexity index is 407. The van der Waals surface area contributed by atoms with Crippen LogP contribution in [0.3, 0.4) is 0 Å². The van der Waals surface area contributed by atoms with Gasteiger partial charge in [0.05, 0.1) is 0 Å². The van der Waals surface area contributed by atoms with Crippen molar-refractivity contribution in [1.29, 1.82) is 0 Å². The van der Waals surface area contributed by atoms with Crippen molar-refractivity contribution in [3.63, 3.8) is 0 Å². The lowest BCUT2D eigenvalue weighted by molar-refractivity contribution is 0.117. The molecule has 1 aromatic heterocycles. The van der Waals surface area contributed by atoms with Crippen LogP contribution in [0, 0.1) is 17.3 Å². The van der Waals surface area contributed by atoms with Gasteiger partial charge in [-0.15, -0.1) is 11.3 Å². The van der Waals surface area contributed by atoms with Gasteiger partial charge in [-0.1, -0.05) is 27.7 Å². The van der Waals surface area contributed by atoms with Crippen LogP contribution in [-0.2, 0) is 12.8 Å². The summed E-state index contributed by atoms with van der Waals surface area (Å²) in [6, 6.07) is 4.70. The molecule has 2 rings (SSSR count). The highest BCUT2D eigenvalue weighted by Gasteiger charge is 2.34. The summed E-state index contributed by atoms with van der Waals surface area (Å²) in [4.78, 5) is 3.14. The standard InChI is InChI=1S/C18H31NS/c1-5-16-7-8-17(20-16)11-15-12-18(3,4)10-9-14(15)13-19-6-2/h7-8,14-15,19H,5-6,9-13H2,1-4H3. The molecule has 1 saturated carbocycles. The Balaban J connectivity index is 2.02. The molecule has 2 atom stereocenters. The van der Waals surface area contributed by atoms with E-state index in [4.69, 9.17) is 0 Å². The van der Waals surface area contributed by atoms with Crippen LogP contribution in [0.15, 0.2) is 12.1 Å². The van der Waals surface area contributed by atoms with E-state index >= 15 is 0 Å². The summed E-state index contributed by atoms with van der Waals surface area (Å²) in [6.07, 6.45) is 6.66. The molecule has 0 radical (unpaired) electrons. The first kappa shape index (κ1) is 16.0. The average molecular weight is 294 g/mol.